The number of rotatable bonds is 6. The van der Waals surface area contributed by atoms with Crippen LogP contribution in [-0.4, -0.2) is 22.7 Å². The van der Waals surface area contributed by atoms with Crippen molar-refractivity contribution in [2.75, 3.05) is 6.61 Å². The van der Waals surface area contributed by atoms with Crippen molar-refractivity contribution in [2.24, 2.45) is 0 Å². The molecule has 0 radical (unpaired) electrons. The van der Waals surface area contributed by atoms with Crippen LogP contribution in [0.3, 0.4) is 0 Å². The van der Waals surface area contributed by atoms with Crippen LogP contribution in [0.1, 0.15) is 6.92 Å². The molecular weight excluding hydrogens is 288 g/mol. The molecule has 1 unspecified atom stereocenters. The summed E-state index contributed by atoms with van der Waals surface area (Å²) in [6.07, 6.45) is -0.951. The normalized spacial score (nSPS) is 14.9. The Bertz CT molecular complexity index is 464. The minimum atomic E-state index is -4.59. The summed E-state index contributed by atoms with van der Waals surface area (Å²) in [6.45, 7) is 0.930. The van der Waals surface area contributed by atoms with Crippen LogP contribution in [0.2, 0.25) is 0 Å². The van der Waals surface area contributed by atoms with E-state index in [1.807, 2.05) is 0 Å². The summed E-state index contributed by atoms with van der Waals surface area (Å²) in [6, 6.07) is 4.47. The van der Waals surface area contributed by atoms with E-state index in [1.54, 1.807) is 0 Å². The van der Waals surface area contributed by atoms with E-state index in [2.05, 4.69) is 9.05 Å². The Morgan fingerprint density at radius 1 is 1.42 bits per heavy atom. The van der Waals surface area contributed by atoms with Gasteiger partial charge in [0.05, 0.1) is 17.6 Å². The van der Waals surface area contributed by atoms with Gasteiger partial charge in [-0.3, -0.25) is 14.7 Å². The summed E-state index contributed by atoms with van der Waals surface area (Å²) in [4.78, 5) is 21.0. The van der Waals surface area contributed by atoms with Gasteiger partial charge in [-0.25, -0.2) is 0 Å². The summed E-state index contributed by atoms with van der Waals surface area (Å²) in [7, 11) is -4.59. The van der Waals surface area contributed by atoms with E-state index in [1.165, 1.54) is 6.92 Å². The molecule has 0 spiro atoms. The van der Waals surface area contributed by atoms with Crippen molar-refractivity contribution in [1.29, 1.82) is 0 Å². The first-order chi connectivity index (χ1) is 8.30. The molecule has 8 nitrogen and oxygen atoms in total. The Labute approximate surface area is 131 Å². The van der Waals surface area contributed by atoms with Gasteiger partial charge in [0.1, 0.15) is 5.75 Å². The van der Waals surface area contributed by atoms with Crippen LogP contribution in [0.15, 0.2) is 24.3 Å². The number of non-ortho nitro benzene ring substituents is 1. The summed E-state index contributed by atoms with van der Waals surface area (Å²) in [5, 5.41) is 19.2. The first-order valence-electron chi connectivity index (χ1n) is 4.88. The van der Waals surface area contributed by atoms with Crippen LogP contribution in [0.4, 0.5) is 5.69 Å². The first-order valence-corrected chi connectivity index (χ1v) is 6.34. The fourth-order valence-electron chi connectivity index (χ4n) is 0.983. The molecular formula is C9H11NNaO7P. The Morgan fingerprint density at radius 2 is 1.95 bits per heavy atom. The largest absolute Gasteiger partial charge is 1.00 e. The van der Waals surface area contributed by atoms with Gasteiger partial charge in [-0.1, -0.05) is 0 Å². The molecule has 0 aromatic heterocycles. The van der Waals surface area contributed by atoms with Crippen molar-refractivity contribution in [3.8, 4) is 5.75 Å². The molecule has 100 valence electrons. The van der Waals surface area contributed by atoms with Gasteiger partial charge >= 0.3 is 37.4 Å². The Kier molecular flexibility index (Phi) is 7.76. The van der Waals surface area contributed by atoms with E-state index in [0.29, 0.717) is 0 Å². The molecule has 2 atom stereocenters. The minimum Gasteiger partial charge on any atom is -0.746 e. The summed E-state index contributed by atoms with van der Waals surface area (Å²) < 4.78 is 20.2. The summed E-state index contributed by atoms with van der Waals surface area (Å²) >= 11 is 0. The summed E-state index contributed by atoms with van der Waals surface area (Å²) in [5.74, 6) is -0.107. The smallest absolute Gasteiger partial charge is 0.746 e. The van der Waals surface area contributed by atoms with Crippen molar-refractivity contribution in [3.05, 3.63) is 34.4 Å². The van der Waals surface area contributed by atoms with Crippen molar-refractivity contribution in [1.82, 2.24) is 0 Å². The number of hydrogen-bond donors (Lipinski definition) is 1. The van der Waals surface area contributed by atoms with Crippen molar-refractivity contribution in [3.63, 3.8) is 0 Å². The van der Waals surface area contributed by atoms with Crippen LogP contribution in [0.5, 0.6) is 5.75 Å². The average Bonchev–Trinajstić information content (AvgIpc) is 2.27. The molecule has 0 saturated carbocycles. The Balaban J connectivity index is 0.00000324. The second-order valence-corrected chi connectivity index (χ2v) is 4.77. The van der Waals surface area contributed by atoms with Crippen LogP contribution in [0, 0.1) is 10.1 Å². The predicted octanol–water partition coefficient (Wildman–Crippen LogP) is -2.16. The molecule has 1 aromatic carbocycles. The van der Waals surface area contributed by atoms with E-state index in [9.17, 15) is 19.6 Å². The van der Waals surface area contributed by atoms with Crippen molar-refractivity contribution >= 4 is 13.5 Å². The maximum Gasteiger partial charge on any atom is 1.00 e. The quantitative estimate of drug-likeness (QED) is 0.275. The van der Waals surface area contributed by atoms with Crippen LogP contribution < -0.4 is 39.0 Å². The van der Waals surface area contributed by atoms with E-state index < -0.39 is 25.5 Å². The maximum atomic E-state index is 11.3. The number of phosphoric acid groups is 1. The molecule has 19 heavy (non-hydrogen) atoms. The van der Waals surface area contributed by atoms with Crippen molar-refractivity contribution < 1.29 is 58.1 Å². The molecule has 0 saturated heterocycles. The standard InChI is InChI=1S/C9H12NO7P.Na/c1-7(11)6-16-18(14,15)17-9-4-2-8(3-5-9)10(12)13;/h2-5,7,11H,6H2,1H3,(H,14,15);/q;+1/p-1/t7-;/m1./s1. The van der Waals surface area contributed by atoms with Crippen LogP contribution in [-0.2, 0) is 9.09 Å². The third-order valence-electron chi connectivity index (χ3n) is 1.74. The number of nitro benzene ring substituents is 1. The molecule has 1 N–H and O–H groups in total. The Hall–Kier alpha value is -0.470. The number of phosphoric ester groups is 1. The van der Waals surface area contributed by atoms with Gasteiger partial charge in [0.25, 0.3) is 5.69 Å². The SMILES string of the molecule is C[C@@H](O)COP(=O)([O-])Oc1ccc([N+](=O)[O-])cc1.[Na+]. The Morgan fingerprint density at radius 3 is 2.37 bits per heavy atom. The zero-order chi connectivity index (χ0) is 13.8. The molecule has 1 aromatic rings. The summed E-state index contributed by atoms with van der Waals surface area (Å²) in [5.41, 5.74) is -0.187. The van der Waals surface area contributed by atoms with E-state index in [-0.39, 0.29) is 41.0 Å². The topological polar surface area (TPSA) is 122 Å². The molecule has 0 fully saturated rings. The fraction of sp³-hybridized carbons (Fsp3) is 0.333. The molecule has 0 aliphatic heterocycles. The van der Waals surface area contributed by atoms with Gasteiger partial charge < -0.3 is 19.0 Å². The van der Waals surface area contributed by atoms with Gasteiger partial charge in [0.15, 0.2) is 0 Å². The second kappa shape index (κ2) is 7.96. The van der Waals surface area contributed by atoms with E-state index >= 15 is 0 Å². The zero-order valence-corrected chi connectivity index (χ0v) is 13.3. The number of aliphatic hydroxyl groups is 1. The molecule has 0 aliphatic carbocycles. The average molecular weight is 299 g/mol. The molecule has 0 heterocycles. The fourth-order valence-corrected chi connectivity index (χ4v) is 1.81. The second-order valence-electron chi connectivity index (χ2n) is 3.43. The van der Waals surface area contributed by atoms with Crippen LogP contribution >= 0.6 is 7.82 Å². The third-order valence-corrected chi connectivity index (χ3v) is 2.64. The van der Waals surface area contributed by atoms with Crippen molar-refractivity contribution in [2.45, 2.75) is 13.0 Å². The number of nitrogens with zero attached hydrogens (tertiary/aromatic N) is 1. The molecule has 0 aliphatic rings. The van der Waals surface area contributed by atoms with Gasteiger partial charge in [0.2, 0.25) is 0 Å². The molecule has 0 amide bonds. The monoisotopic (exact) mass is 299 g/mol. The predicted molar refractivity (Wildman–Crippen MR) is 59.0 cm³/mol. The minimum absolute atomic E-state index is 0. The van der Waals surface area contributed by atoms with Gasteiger partial charge in [-0.2, -0.15) is 0 Å². The zero-order valence-electron chi connectivity index (χ0n) is 10.4. The number of hydrogen-bond acceptors (Lipinski definition) is 7. The molecule has 1 rings (SSSR count). The third kappa shape index (κ3) is 7.03. The first kappa shape index (κ1) is 18.5. The number of nitro groups is 1. The maximum absolute atomic E-state index is 11.3. The van der Waals surface area contributed by atoms with Gasteiger partial charge in [-0.05, 0) is 19.1 Å². The molecule has 0 bridgehead atoms. The van der Waals surface area contributed by atoms with E-state index in [4.69, 9.17) is 5.11 Å². The molecule has 10 heteroatoms. The van der Waals surface area contributed by atoms with Gasteiger partial charge in [-0.15, -0.1) is 0 Å². The van der Waals surface area contributed by atoms with Crippen LogP contribution in [0.25, 0.3) is 0 Å². The number of aliphatic hydroxyl groups excluding tert-OH is 1. The van der Waals surface area contributed by atoms with E-state index in [0.717, 1.165) is 24.3 Å². The number of benzene rings is 1. The van der Waals surface area contributed by atoms with Gasteiger partial charge in [0, 0.05) is 12.1 Å².